The second-order valence-electron chi connectivity index (χ2n) is 4.06. The molecule has 0 aliphatic heterocycles. The molecule has 0 spiro atoms. The Morgan fingerprint density at radius 2 is 1.83 bits per heavy atom. The third kappa shape index (κ3) is 2.35. The van der Waals surface area contributed by atoms with Gasteiger partial charge in [0.25, 0.3) is 0 Å². The van der Waals surface area contributed by atoms with Gasteiger partial charge < -0.3 is 15.2 Å². The summed E-state index contributed by atoms with van der Waals surface area (Å²) in [6.07, 6.45) is 0. The number of thiophene rings is 1. The van der Waals surface area contributed by atoms with Crippen LogP contribution < -0.4 is 15.2 Å². The van der Waals surface area contributed by atoms with E-state index in [0.29, 0.717) is 5.75 Å². The van der Waals surface area contributed by atoms with Crippen molar-refractivity contribution in [2.45, 2.75) is 13.0 Å². The highest BCUT2D eigenvalue weighted by Crippen LogP contribution is 2.35. The lowest BCUT2D eigenvalue weighted by molar-refractivity contribution is 0.354. The zero-order valence-electron chi connectivity index (χ0n) is 10.8. The van der Waals surface area contributed by atoms with E-state index in [0.717, 1.165) is 21.8 Å². The first-order valence-electron chi connectivity index (χ1n) is 5.69. The molecule has 0 radical (unpaired) electrons. The average molecular weight is 263 g/mol. The van der Waals surface area contributed by atoms with E-state index in [1.54, 1.807) is 25.6 Å². The summed E-state index contributed by atoms with van der Waals surface area (Å²) in [4.78, 5) is 1.14. The Kier molecular flexibility index (Phi) is 3.89. The fourth-order valence-corrected chi connectivity index (χ4v) is 2.70. The molecular weight excluding hydrogens is 246 g/mol. The smallest absolute Gasteiger partial charge is 0.161 e. The van der Waals surface area contributed by atoms with Crippen LogP contribution in [0.2, 0.25) is 0 Å². The van der Waals surface area contributed by atoms with Crippen LogP contribution in [0.1, 0.15) is 22.0 Å². The van der Waals surface area contributed by atoms with Gasteiger partial charge >= 0.3 is 0 Å². The largest absolute Gasteiger partial charge is 0.493 e. The summed E-state index contributed by atoms with van der Waals surface area (Å²) < 4.78 is 10.6. The number of benzene rings is 1. The van der Waals surface area contributed by atoms with Crippen LogP contribution in [-0.4, -0.2) is 14.2 Å². The molecule has 2 N–H and O–H groups in total. The van der Waals surface area contributed by atoms with Gasteiger partial charge in [0.15, 0.2) is 11.5 Å². The minimum absolute atomic E-state index is 0.121. The minimum Gasteiger partial charge on any atom is -0.493 e. The first-order chi connectivity index (χ1) is 8.67. The molecule has 0 aliphatic rings. The Morgan fingerprint density at radius 1 is 1.17 bits per heavy atom. The third-order valence-electron chi connectivity index (χ3n) is 2.96. The van der Waals surface area contributed by atoms with Gasteiger partial charge in [0.1, 0.15) is 0 Å². The van der Waals surface area contributed by atoms with Crippen molar-refractivity contribution in [2.75, 3.05) is 14.2 Å². The average Bonchev–Trinajstić information content (AvgIpc) is 2.91. The maximum absolute atomic E-state index is 6.29. The maximum atomic E-state index is 6.29. The number of aryl methyl sites for hydroxylation is 1. The topological polar surface area (TPSA) is 44.5 Å². The number of rotatable bonds is 4. The van der Waals surface area contributed by atoms with Gasteiger partial charge in [-0.05, 0) is 41.6 Å². The van der Waals surface area contributed by atoms with Crippen LogP contribution in [0, 0.1) is 6.92 Å². The summed E-state index contributed by atoms with van der Waals surface area (Å²) in [6, 6.07) is 7.85. The molecule has 0 saturated carbocycles. The third-order valence-corrected chi connectivity index (χ3v) is 3.91. The molecule has 1 aromatic carbocycles. The lowest BCUT2D eigenvalue weighted by atomic mass is 10.00. The molecule has 18 heavy (non-hydrogen) atoms. The maximum Gasteiger partial charge on any atom is 0.161 e. The molecule has 0 amide bonds. The zero-order chi connectivity index (χ0) is 13.1. The van der Waals surface area contributed by atoms with Gasteiger partial charge in [0.2, 0.25) is 0 Å². The van der Waals surface area contributed by atoms with Crippen LogP contribution in [0.4, 0.5) is 0 Å². The molecule has 0 aliphatic carbocycles. The van der Waals surface area contributed by atoms with E-state index in [1.807, 2.05) is 36.6 Å². The van der Waals surface area contributed by atoms with Crippen molar-refractivity contribution < 1.29 is 9.47 Å². The molecule has 0 saturated heterocycles. The molecule has 3 nitrogen and oxygen atoms in total. The molecular formula is C14H17NO2S. The molecule has 1 unspecified atom stereocenters. The highest BCUT2D eigenvalue weighted by atomic mass is 32.1. The molecule has 1 atom stereocenters. The van der Waals surface area contributed by atoms with Crippen LogP contribution in [0.25, 0.3) is 0 Å². The first-order valence-corrected chi connectivity index (χ1v) is 6.56. The Labute approximate surface area is 111 Å². The second-order valence-corrected chi connectivity index (χ2v) is 5.04. The Balaban J connectivity index is 2.45. The lowest BCUT2D eigenvalue weighted by Crippen LogP contribution is -2.12. The Bertz CT molecular complexity index is 523. The van der Waals surface area contributed by atoms with E-state index in [-0.39, 0.29) is 6.04 Å². The minimum atomic E-state index is -0.121. The molecule has 4 heteroatoms. The summed E-state index contributed by atoms with van der Waals surface area (Å²) in [5, 5.41) is 2.03. The van der Waals surface area contributed by atoms with Crippen molar-refractivity contribution in [3.63, 3.8) is 0 Å². The fourth-order valence-electron chi connectivity index (χ4n) is 1.95. The zero-order valence-corrected chi connectivity index (χ0v) is 11.6. The SMILES string of the molecule is COc1cc(C)c(C(N)c2cccs2)cc1OC. The number of ether oxygens (including phenoxy) is 2. The van der Waals surface area contributed by atoms with Gasteiger partial charge in [-0.25, -0.2) is 0 Å². The second kappa shape index (κ2) is 5.42. The summed E-state index contributed by atoms with van der Waals surface area (Å²) in [7, 11) is 3.27. The van der Waals surface area contributed by atoms with Crippen LogP contribution in [-0.2, 0) is 0 Å². The number of nitrogens with two attached hydrogens (primary N) is 1. The van der Waals surface area contributed by atoms with E-state index in [2.05, 4.69) is 0 Å². The summed E-state index contributed by atoms with van der Waals surface area (Å²) in [6.45, 7) is 2.03. The fraction of sp³-hybridized carbons (Fsp3) is 0.286. The number of hydrogen-bond acceptors (Lipinski definition) is 4. The van der Waals surface area contributed by atoms with E-state index in [1.165, 1.54) is 0 Å². The molecule has 1 heterocycles. The lowest BCUT2D eigenvalue weighted by Gasteiger charge is -2.17. The van der Waals surface area contributed by atoms with Gasteiger partial charge in [-0.15, -0.1) is 11.3 Å². The summed E-state index contributed by atoms with van der Waals surface area (Å²) >= 11 is 1.66. The van der Waals surface area contributed by atoms with Crippen molar-refractivity contribution in [2.24, 2.45) is 5.73 Å². The van der Waals surface area contributed by atoms with E-state index in [9.17, 15) is 0 Å². The predicted octanol–water partition coefficient (Wildman–Crippen LogP) is 3.12. The number of methoxy groups -OCH3 is 2. The van der Waals surface area contributed by atoms with Gasteiger partial charge in [-0.3, -0.25) is 0 Å². The molecule has 0 fully saturated rings. The Morgan fingerprint density at radius 3 is 2.39 bits per heavy atom. The van der Waals surface area contributed by atoms with Crippen molar-refractivity contribution >= 4 is 11.3 Å². The van der Waals surface area contributed by atoms with Gasteiger partial charge in [0.05, 0.1) is 20.3 Å². The highest BCUT2D eigenvalue weighted by molar-refractivity contribution is 7.10. The Hall–Kier alpha value is -1.52. The van der Waals surface area contributed by atoms with Crippen molar-refractivity contribution in [3.8, 4) is 11.5 Å². The standard InChI is InChI=1S/C14H17NO2S/c1-9-7-11(16-2)12(17-3)8-10(9)14(15)13-5-4-6-18-13/h4-8,14H,15H2,1-3H3. The van der Waals surface area contributed by atoms with Crippen LogP contribution in [0.5, 0.6) is 11.5 Å². The van der Waals surface area contributed by atoms with E-state index in [4.69, 9.17) is 15.2 Å². The molecule has 0 bridgehead atoms. The normalized spacial score (nSPS) is 12.2. The quantitative estimate of drug-likeness (QED) is 0.921. The summed E-state index contributed by atoms with van der Waals surface area (Å²) in [5.74, 6) is 1.45. The van der Waals surface area contributed by atoms with Crippen molar-refractivity contribution in [3.05, 3.63) is 45.6 Å². The van der Waals surface area contributed by atoms with Crippen LogP contribution >= 0.6 is 11.3 Å². The molecule has 2 rings (SSSR count). The van der Waals surface area contributed by atoms with Gasteiger partial charge in [-0.1, -0.05) is 6.07 Å². The monoisotopic (exact) mass is 263 g/mol. The van der Waals surface area contributed by atoms with Crippen molar-refractivity contribution in [1.82, 2.24) is 0 Å². The predicted molar refractivity (Wildman–Crippen MR) is 74.6 cm³/mol. The van der Waals surface area contributed by atoms with E-state index < -0.39 is 0 Å². The van der Waals surface area contributed by atoms with Crippen LogP contribution in [0.3, 0.4) is 0 Å². The molecule has 2 aromatic rings. The number of hydrogen-bond donors (Lipinski definition) is 1. The van der Waals surface area contributed by atoms with Gasteiger partial charge in [0, 0.05) is 4.88 Å². The molecule has 1 aromatic heterocycles. The van der Waals surface area contributed by atoms with Gasteiger partial charge in [-0.2, -0.15) is 0 Å². The first kappa shape index (κ1) is 12.9. The van der Waals surface area contributed by atoms with Crippen molar-refractivity contribution in [1.29, 1.82) is 0 Å². The van der Waals surface area contributed by atoms with Crippen LogP contribution in [0.15, 0.2) is 29.6 Å². The van der Waals surface area contributed by atoms with E-state index >= 15 is 0 Å². The summed E-state index contributed by atoms with van der Waals surface area (Å²) in [5.41, 5.74) is 8.46. The molecule has 96 valence electrons. The highest BCUT2D eigenvalue weighted by Gasteiger charge is 2.16.